The number of Topliss-reactive ketones (excluding diaryl/α,β-unsaturated/α-hetero) is 2. The van der Waals surface area contributed by atoms with E-state index < -0.39 is 23.5 Å². The van der Waals surface area contributed by atoms with Crippen molar-refractivity contribution < 1.29 is 28.6 Å². The lowest BCUT2D eigenvalue weighted by atomic mass is 9.95. The maximum atomic E-state index is 13.2. The Morgan fingerprint density at radius 2 is 2.06 bits per heavy atom. The predicted molar refractivity (Wildman–Crippen MR) is 117 cm³/mol. The van der Waals surface area contributed by atoms with Crippen molar-refractivity contribution in [2.75, 3.05) is 11.5 Å². The standard InChI is InChI=1S/C23H20N2O6S/c1-4-30-15-8-5-7-14(11-15)18-17(19(27)16-9-6-10-31-16)20(28)22(29)25(18)23-24-12(2)21(32-23)13(3)26/h5-11,18,28H,4H2,1-3H3. The van der Waals surface area contributed by atoms with Crippen LogP contribution in [-0.2, 0) is 4.79 Å². The molecular formula is C23H20N2O6S. The summed E-state index contributed by atoms with van der Waals surface area (Å²) < 4.78 is 10.8. The Morgan fingerprint density at radius 1 is 1.28 bits per heavy atom. The van der Waals surface area contributed by atoms with E-state index in [4.69, 9.17) is 9.15 Å². The average molecular weight is 452 g/mol. The Balaban J connectivity index is 1.89. The van der Waals surface area contributed by atoms with Crippen molar-refractivity contribution in [3.63, 3.8) is 0 Å². The molecule has 32 heavy (non-hydrogen) atoms. The molecule has 2 aromatic heterocycles. The number of anilines is 1. The molecule has 3 aromatic rings. The monoisotopic (exact) mass is 452 g/mol. The van der Waals surface area contributed by atoms with Crippen molar-refractivity contribution in [2.24, 2.45) is 0 Å². The molecule has 0 bridgehead atoms. The normalized spacial score (nSPS) is 16.0. The fourth-order valence-electron chi connectivity index (χ4n) is 3.64. The zero-order valence-electron chi connectivity index (χ0n) is 17.6. The van der Waals surface area contributed by atoms with Crippen LogP contribution in [0.1, 0.15) is 51.4 Å². The molecule has 1 aliphatic rings. The lowest BCUT2D eigenvalue weighted by molar-refractivity contribution is -0.117. The number of aliphatic hydroxyl groups excluding tert-OH is 1. The van der Waals surface area contributed by atoms with Crippen molar-refractivity contribution in [1.29, 1.82) is 0 Å². The van der Waals surface area contributed by atoms with Gasteiger partial charge in [-0.05, 0) is 43.7 Å². The van der Waals surface area contributed by atoms with Crippen LogP contribution in [0.5, 0.6) is 5.75 Å². The highest BCUT2D eigenvalue weighted by Crippen LogP contribution is 2.44. The molecule has 0 fully saturated rings. The summed E-state index contributed by atoms with van der Waals surface area (Å²) in [6.45, 7) is 5.37. The highest BCUT2D eigenvalue weighted by molar-refractivity contribution is 7.17. The second-order valence-electron chi connectivity index (χ2n) is 7.12. The third-order valence-electron chi connectivity index (χ3n) is 4.99. The molecule has 0 saturated carbocycles. The van der Waals surface area contributed by atoms with Gasteiger partial charge in [0.2, 0.25) is 5.78 Å². The summed E-state index contributed by atoms with van der Waals surface area (Å²) in [5, 5.41) is 11.0. The third-order valence-corrected chi connectivity index (χ3v) is 6.25. The molecule has 0 radical (unpaired) electrons. The number of nitrogens with zero attached hydrogens (tertiary/aromatic N) is 2. The highest BCUT2D eigenvalue weighted by atomic mass is 32.1. The van der Waals surface area contributed by atoms with Crippen LogP contribution in [0, 0.1) is 6.92 Å². The number of benzene rings is 1. The van der Waals surface area contributed by atoms with Crippen LogP contribution >= 0.6 is 11.3 Å². The zero-order valence-corrected chi connectivity index (χ0v) is 18.4. The maximum Gasteiger partial charge on any atom is 0.296 e. The Bertz CT molecular complexity index is 1240. The predicted octanol–water partition coefficient (Wildman–Crippen LogP) is 4.43. The van der Waals surface area contributed by atoms with Gasteiger partial charge in [-0.15, -0.1) is 0 Å². The molecule has 1 aromatic carbocycles. The summed E-state index contributed by atoms with van der Waals surface area (Å²) in [5.41, 5.74) is 0.883. The summed E-state index contributed by atoms with van der Waals surface area (Å²) >= 11 is 1.04. The SMILES string of the molecule is CCOc1cccc(C2C(C(=O)c3ccco3)=C(O)C(=O)N2c2nc(C)c(C(C)=O)s2)c1. The van der Waals surface area contributed by atoms with E-state index in [1.807, 2.05) is 6.92 Å². The first-order valence-electron chi connectivity index (χ1n) is 9.89. The van der Waals surface area contributed by atoms with E-state index in [9.17, 15) is 19.5 Å². The van der Waals surface area contributed by atoms with Gasteiger partial charge in [0, 0.05) is 6.92 Å². The quantitative estimate of drug-likeness (QED) is 0.528. The molecule has 1 amide bonds. The largest absolute Gasteiger partial charge is 0.503 e. The molecule has 0 saturated heterocycles. The number of ketones is 2. The van der Waals surface area contributed by atoms with E-state index in [-0.39, 0.29) is 22.2 Å². The molecule has 4 rings (SSSR count). The third kappa shape index (κ3) is 3.60. The smallest absolute Gasteiger partial charge is 0.296 e. The number of furan rings is 1. The van der Waals surface area contributed by atoms with Crippen molar-refractivity contribution in [3.05, 3.63) is 75.9 Å². The van der Waals surface area contributed by atoms with Crippen LogP contribution in [0.15, 0.2) is 58.4 Å². The molecule has 1 atom stereocenters. The molecule has 0 aliphatic carbocycles. The van der Waals surface area contributed by atoms with E-state index in [0.29, 0.717) is 28.5 Å². The first-order valence-corrected chi connectivity index (χ1v) is 10.7. The Labute approximate surface area is 187 Å². The molecule has 1 aliphatic heterocycles. The number of rotatable bonds is 7. The van der Waals surface area contributed by atoms with E-state index in [1.165, 1.54) is 24.2 Å². The molecule has 164 valence electrons. The lowest BCUT2D eigenvalue weighted by Gasteiger charge is -2.24. The van der Waals surface area contributed by atoms with Crippen molar-refractivity contribution >= 4 is 33.9 Å². The molecule has 3 heterocycles. The summed E-state index contributed by atoms with van der Waals surface area (Å²) in [5.74, 6) is -1.72. The molecule has 8 nitrogen and oxygen atoms in total. The van der Waals surface area contributed by atoms with Crippen LogP contribution in [-0.4, -0.2) is 34.2 Å². The Kier molecular flexibility index (Phi) is 5.67. The van der Waals surface area contributed by atoms with Gasteiger partial charge in [-0.2, -0.15) is 0 Å². The topological polar surface area (TPSA) is 110 Å². The second-order valence-corrected chi connectivity index (χ2v) is 8.10. The molecular weight excluding hydrogens is 432 g/mol. The molecule has 1 unspecified atom stereocenters. The van der Waals surface area contributed by atoms with Gasteiger partial charge < -0.3 is 14.3 Å². The van der Waals surface area contributed by atoms with E-state index in [2.05, 4.69) is 4.98 Å². The minimum Gasteiger partial charge on any atom is -0.503 e. The number of ether oxygens (including phenoxy) is 1. The molecule has 0 spiro atoms. The van der Waals surface area contributed by atoms with Crippen molar-refractivity contribution in [2.45, 2.75) is 26.8 Å². The first-order chi connectivity index (χ1) is 15.3. The minimum atomic E-state index is -0.981. The number of aliphatic hydroxyl groups is 1. The number of thiazole rings is 1. The minimum absolute atomic E-state index is 0.00749. The Morgan fingerprint density at radius 3 is 2.69 bits per heavy atom. The fraction of sp³-hybridized carbons (Fsp3) is 0.217. The van der Waals surface area contributed by atoms with Crippen LogP contribution < -0.4 is 9.64 Å². The van der Waals surface area contributed by atoms with Gasteiger partial charge in [-0.1, -0.05) is 23.5 Å². The number of aromatic nitrogens is 1. The second kappa shape index (κ2) is 8.43. The number of carbonyl (C=O) groups is 3. The summed E-state index contributed by atoms with van der Waals surface area (Å²) in [7, 11) is 0. The van der Waals surface area contributed by atoms with Gasteiger partial charge in [0.25, 0.3) is 5.91 Å². The average Bonchev–Trinajstić information content (AvgIpc) is 3.48. The summed E-state index contributed by atoms with van der Waals surface area (Å²) in [6, 6.07) is 8.96. The van der Waals surface area contributed by atoms with Gasteiger partial charge in [-0.25, -0.2) is 4.98 Å². The van der Waals surface area contributed by atoms with Crippen molar-refractivity contribution in [3.8, 4) is 5.75 Å². The van der Waals surface area contributed by atoms with Gasteiger partial charge in [-0.3, -0.25) is 19.3 Å². The molecule has 9 heteroatoms. The lowest BCUT2D eigenvalue weighted by Crippen LogP contribution is -2.31. The number of aryl methyl sites for hydroxylation is 1. The highest BCUT2D eigenvalue weighted by Gasteiger charge is 2.46. The van der Waals surface area contributed by atoms with Crippen LogP contribution in [0.4, 0.5) is 5.13 Å². The van der Waals surface area contributed by atoms with Gasteiger partial charge in [0.1, 0.15) is 5.75 Å². The van der Waals surface area contributed by atoms with Crippen LogP contribution in [0.3, 0.4) is 0 Å². The number of carbonyl (C=O) groups excluding carboxylic acids is 3. The van der Waals surface area contributed by atoms with Gasteiger partial charge in [0.15, 0.2) is 22.4 Å². The molecule has 1 N–H and O–H groups in total. The number of hydrogen-bond acceptors (Lipinski definition) is 8. The Hall–Kier alpha value is -3.72. The number of amides is 1. The maximum absolute atomic E-state index is 13.2. The fourth-order valence-corrected chi connectivity index (χ4v) is 4.63. The first kappa shape index (κ1) is 21.5. The van der Waals surface area contributed by atoms with Gasteiger partial charge >= 0.3 is 0 Å². The van der Waals surface area contributed by atoms with Crippen LogP contribution in [0.25, 0.3) is 0 Å². The van der Waals surface area contributed by atoms with Crippen LogP contribution in [0.2, 0.25) is 0 Å². The summed E-state index contributed by atoms with van der Waals surface area (Å²) in [4.78, 5) is 44.4. The van der Waals surface area contributed by atoms with E-state index >= 15 is 0 Å². The van der Waals surface area contributed by atoms with E-state index in [0.717, 1.165) is 11.3 Å². The van der Waals surface area contributed by atoms with E-state index in [1.54, 1.807) is 37.3 Å². The number of hydrogen-bond donors (Lipinski definition) is 1. The summed E-state index contributed by atoms with van der Waals surface area (Å²) in [6.07, 6.45) is 1.34. The van der Waals surface area contributed by atoms with Gasteiger partial charge in [0.05, 0.1) is 35.1 Å². The van der Waals surface area contributed by atoms with Crippen molar-refractivity contribution in [1.82, 2.24) is 4.98 Å². The zero-order chi connectivity index (χ0) is 23.0.